The molecule has 16 heavy (non-hydrogen) atoms. The van der Waals surface area contributed by atoms with Crippen molar-refractivity contribution in [1.82, 2.24) is 9.97 Å². The molecule has 2 nitrogen and oxygen atoms in total. The second-order valence-corrected chi connectivity index (χ2v) is 3.78. The van der Waals surface area contributed by atoms with Gasteiger partial charge in [0, 0.05) is 23.5 Å². The van der Waals surface area contributed by atoms with Gasteiger partial charge in [0.1, 0.15) is 5.82 Å². The first kappa shape index (κ1) is 11.0. The molecule has 0 aliphatic rings. The molecule has 0 spiro atoms. The molecule has 1 aromatic carbocycles. The number of hydrogen-bond donors (Lipinski definition) is 0. The molecule has 0 bridgehead atoms. The van der Waals surface area contributed by atoms with Gasteiger partial charge in [-0.15, -0.1) is 11.6 Å². The van der Waals surface area contributed by atoms with Crippen molar-refractivity contribution >= 4 is 11.6 Å². The van der Waals surface area contributed by atoms with E-state index in [0.29, 0.717) is 22.8 Å². The predicted molar refractivity (Wildman–Crippen MR) is 61.7 cm³/mol. The van der Waals surface area contributed by atoms with Crippen LogP contribution in [0.2, 0.25) is 0 Å². The molecule has 0 atom stereocenters. The molecule has 0 unspecified atom stereocenters. The second-order valence-electron chi connectivity index (χ2n) is 3.51. The van der Waals surface area contributed by atoms with Crippen molar-refractivity contribution in [3.63, 3.8) is 0 Å². The Hall–Kier alpha value is -1.48. The summed E-state index contributed by atoms with van der Waals surface area (Å²) in [5.41, 5.74) is 2.13. The van der Waals surface area contributed by atoms with Crippen molar-refractivity contribution in [2.24, 2.45) is 0 Å². The predicted octanol–water partition coefficient (Wildman–Crippen LogP) is 3.33. The number of benzene rings is 1. The van der Waals surface area contributed by atoms with E-state index in [1.165, 1.54) is 6.07 Å². The highest BCUT2D eigenvalue weighted by Gasteiger charge is 2.04. The summed E-state index contributed by atoms with van der Waals surface area (Å²) in [4.78, 5) is 8.26. The van der Waals surface area contributed by atoms with Gasteiger partial charge in [0.2, 0.25) is 0 Å². The largest absolute Gasteiger partial charge is 0.236 e. The summed E-state index contributed by atoms with van der Waals surface area (Å²) in [6.45, 7) is 1.72. The van der Waals surface area contributed by atoms with Crippen LogP contribution in [0.3, 0.4) is 0 Å². The molecule has 1 aromatic heterocycles. The Kier molecular flexibility index (Phi) is 3.15. The number of aryl methyl sites for hydroxylation is 1. The Morgan fingerprint density at radius 1 is 1.25 bits per heavy atom. The number of hydrogen-bond acceptors (Lipinski definition) is 2. The zero-order valence-electron chi connectivity index (χ0n) is 8.74. The van der Waals surface area contributed by atoms with Crippen molar-refractivity contribution in [1.29, 1.82) is 0 Å². The Balaban J connectivity index is 2.38. The average Bonchev–Trinajstić information content (AvgIpc) is 2.33. The topological polar surface area (TPSA) is 25.8 Å². The molecule has 0 saturated carbocycles. The van der Waals surface area contributed by atoms with E-state index in [9.17, 15) is 4.39 Å². The van der Waals surface area contributed by atoms with Gasteiger partial charge in [-0.25, -0.2) is 14.4 Å². The molecular formula is C12H10ClFN2. The van der Waals surface area contributed by atoms with Crippen molar-refractivity contribution in [2.75, 3.05) is 0 Å². The molecule has 0 N–H and O–H groups in total. The van der Waals surface area contributed by atoms with Crippen LogP contribution in [0.15, 0.2) is 30.6 Å². The maximum atomic E-state index is 13.3. The van der Waals surface area contributed by atoms with Crippen LogP contribution in [0, 0.1) is 12.7 Å². The van der Waals surface area contributed by atoms with Crippen molar-refractivity contribution in [3.05, 3.63) is 47.5 Å². The molecule has 0 aliphatic heterocycles. The third kappa shape index (κ3) is 2.19. The number of halogens is 2. The highest BCUT2D eigenvalue weighted by Crippen LogP contribution is 2.18. The minimum Gasteiger partial charge on any atom is -0.236 e. The Morgan fingerprint density at radius 2 is 1.94 bits per heavy atom. The summed E-state index contributed by atoms with van der Waals surface area (Å²) in [7, 11) is 0. The summed E-state index contributed by atoms with van der Waals surface area (Å²) < 4.78 is 13.3. The van der Waals surface area contributed by atoms with Gasteiger partial charge in [-0.1, -0.05) is 12.1 Å². The van der Waals surface area contributed by atoms with E-state index in [1.807, 2.05) is 0 Å². The van der Waals surface area contributed by atoms with Crippen LogP contribution in [-0.4, -0.2) is 9.97 Å². The monoisotopic (exact) mass is 236 g/mol. The van der Waals surface area contributed by atoms with E-state index >= 15 is 0 Å². The number of aromatic nitrogens is 2. The maximum absolute atomic E-state index is 13.3. The first-order valence-corrected chi connectivity index (χ1v) is 5.37. The average molecular weight is 237 g/mol. The summed E-state index contributed by atoms with van der Waals surface area (Å²) in [6, 6.07) is 4.95. The summed E-state index contributed by atoms with van der Waals surface area (Å²) in [6.07, 6.45) is 3.29. The molecule has 0 radical (unpaired) electrons. The van der Waals surface area contributed by atoms with Gasteiger partial charge < -0.3 is 0 Å². The van der Waals surface area contributed by atoms with E-state index in [0.717, 1.165) is 5.56 Å². The molecule has 2 aromatic rings. The van der Waals surface area contributed by atoms with Crippen LogP contribution in [0.25, 0.3) is 11.4 Å². The molecule has 1 heterocycles. The van der Waals surface area contributed by atoms with Crippen LogP contribution in [0.1, 0.15) is 11.1 Å². The van der Waals surface area contributed by atoms with E-state index in [-0.39, 0.29) is 5.82 Å². The van der Waals surface area contributed by atoms with Gasteiger partial charge in [0.25, 0.3) is 0 Å². The number of alkyl halides is 1. The van der Waals surface area contributed by atoms with Crippen molar-refractivity contribution in [3.8, 4) is 11.4 Å². The Bertz CT molecular complexity index is 497. The fraction of sp³-hybridized carbons (Fsp3) is 0.167. The normalized spacial score (nSPS) is 10.4. The number of rotatable bonds is 2. The van der Waals surface area contributed by atoms with Crippen LogP contribution >= 0.6 is 11.6 Å². The SMILES string of the molecule is Cc1ccc(-c2ncc(CCl)cn2)cc1F. The molecule has 2 rings (SSSR count). The quantitative estimate of drug-likeness (QED) is 0.748. The van der Waals surface area contributed by atoms with Crippen LogP contribution in [-0.2, 0) is 5.88 Å². The third-order valence-electron chi connectivity index (χ3n) is 2.29. The van der Waals surface area contributed by atoms with E-state index < -0.39 is 0 Å². The lowest BCUT2D eigenvalue weighted by Gasteiger charge is -2.02. The number of nitrogens with zero attached hydrogens (tertiary/aromatic N) is 2. The summed E-state index contributed by atoms with van der Waals surface area (Å²) in [5.74, 6) is 0.637. The zero-order valence-corrected chi connectivity index (χ0v) is 9.50. The maximum Gasteiger partial charge on any atom is 0.159 e. The van der Waals surface area contributed by atoms with Gasteiger partial charge >= 0.3 is 0 Å². The minimum absolute atomic E-state index is 0.248. The van der Waals surface area contributed by atoms with E-state index in [2.05, 4.69) is 9.97 Å². The van der Waals surface area contributed by atoms with Crippen LogP contribution in [0.4, 0.5) is 4.39 Å². The van der Waals surface area contributed by atoms with Gasteiger partial charge in [-0.2, -0.15) is 0 Å². The third-order valence-corrected chi connectivity index (χ3v) is 2.60. The second kappa shape index (κ2) is 4.58. The summed E-state index contributed by atoms with van der Waals surface area (Å²) >= 11 is 5.63. The molecule has 0 amide bonds. The van der Waals surface area contributed by atoms with Crippen molar-refractivity contribution in [2.45, 2.75) is 12.8 Å². The first-order valence-electron chi connectivity index (χ1n) is 4.84. The van der Waals surface area contributed by atoms with Gasteiger partial charge in [0.15, 0.2) is 5.82 Å². The lowest BCUT2D eigenvalue weighted by molar-refractivity contribution is 0.619. The standard InChI is InChI=1S/C12H10ClFN2/c1-8-2-3-10(4-11(8)14)12-15-6-9(5-13)7-16-12/h2-4,6-7H,5H2,1H3. The fourth-order valence-corrected chi connectivity index (χ4v) is 1.44. The molecule has 4 heteroatoms. The fourth-order valence-electron chi connectivity index (χ4n) is 1.30. The van der Waals surface area contributed by atoms with E-state index in [1.54, 1.807) is 31.5 Å². The Labute approximate surface area is 98.1 Å². The van der Waals surface area contributed by atoms with Crippen LogP contribution < -0.4 is 0 Å². The summed E-state index contributed by atoms with van der Waals surface area (Å²) in [5, 5.41) is 0. The van der Waals surface area contributed by atoms with E-state index in [4.69, 9.17) is 11.6 Å². The molecule has 0 aliphatic carbocycles. The van der Waals surface area contributed by atoms with Crippen molar-refractivity contribution < 1.29 is 4.39 Å². The van der Waals surface area contributed by atoms with Crippen LogP contribution in [0.5, 0.6) is 0 Å². The molecule has 0 fully saturated rings. The first-order chi connectivity index (χ1) is 7.70. The van der Waals surface area contributed by atoms with Gasteiger partial charge in [-0.05, 0) is 18.6 Å². The highest BCUT2D eigenvalue weighted by atomic mass is 35.5. The minimum atomic E-state index is -0.248. The highest BCUT2D eigenvalue weighted by molar-refractivity contribution is 6.17. The molecular weight excluding hydrogens is 227 g/mol. The lowest BCUT2D eigenvalue weighted by Crippen LogP contribution is -1.92. The molecule has 0 saturated heterocycles. The lowest BCUT2D eigenvalue weighted by atomic mass is 10.1. The molecule has 82 valence electrons. The van der Waals surface area contributed by atoms with Gasteiger partial charge in [-0.3, -0.25) is 0 Å². The Morgan fingerprint density at radius 3 is 2.50 bits per heavy atom. The zero-order chi connectivity index (χ0) is 11.5. The van der Waals surface area contributed by atoms with Gasteiger partial charge in [0.05, 0.1) is 5.88 Å². The smallest absolute Gasteiger partial charge is 0.159 e.